The van der Waals surface area contributed by atoms with Gasteiger partial charge in [0, 0.05) is 101 Å². The number of piperazine rings is 1. The van der Waals surface area contributed by atoms with E-state index in [1.807, 2.05) is 17.2 Å². The number of rotatable bonds is 11. The highest BCUT2D eigenvalue weighted by Crippen LogP contribution is 2.40. The number of fused-ring (bicyclic) bond motifs is 2. The zero-order valence-electron chi connectivity index (χ0n) is 38.2. The zero-order valence-corrected chi connectivity index (χ0v) is 39.0. The van der Waals surface area contributed by atoms with Crippen LogP contribution in [-0.4, -0.2) is 118 Å². The predicted octanol–water partition coefficient (Wildman–Crippen LogP) is 7.09. The number of pyridine rings is 1. The molecule has 67 heavy (non-hydrogen) atoms. The second-order valence-electron chi connectivity index (χ2n) is 18.6. The van der Waals surface area contributed by atoms with Crippen molar-refractivity contribution < 1.29 is 19.1 Å². The number of halogens is 1. The van der Waals surface area contributed by atoms with E-state index in [0.29, 0.717) is 34.6 Å². The molecule has 348 valence electrons. The molecule has 3 fully saturated rings. The smallest absolute Gasteiger partial charge is 0.272 e. The number of aromatic nitrogens is 5. The van der Waals surface area contributed by atoms with Gasteiger partial charge in [-0.25, -0.2) is 0 Å². The minimum Gasteiger partial charge on any atom is -0.490 e. The van der Waals surface area contributed by atoms with Crippen molar-refractivity contribution in [3.8, 4) is 23.1 Å². The summed E-state index contributed by atoms with van der Waals surface area (Å²) in [5.74, 6) is 2.32. The molecule has 0 radical (unpaired) electrons. The van der Waals surface area contributed by atoms with Crippen molar-refractivity contribution in [3.05, 3.63) is 106 Å². The van der Waals surface area contributed by atoms with Gasteiger partial charge in [0.25, 0.3) is 5.91 Å². The monoisotopic (exact) mass is 923 g/mol. The molecule has 1 aliphatic carbocycles. The summed E-state index contributed by atoms with van der Waals surface area (Å²) < 4.78 is 14.1. The van der Waals surface area contributed by atoms with Crippen molar-refractivity contribution in [1.82, 2.24) is 40.1 Å². The van der Waals surface area contributed by atoms with Gasteiger partial charge in [0.2, 0.25) is 5.91 Å². The summed E-state index contributed by atoms with van der Waals surface area (Å²) >= 11 is 6.17. The van der Waals surface area contributed by atoms with E-state index < -0.39 is 0 Å². The van der Waals surface area contributed by atoms with Crippen LogP contribution in [0.4, 0.5) is 17.3 Å². The Balaban J connectivity index is 0.692. The van der Waals surface area contributed by atoms with Gasteiger partial charge in [0.1, 0.15) is 11.8 Å². The second-order valence-corrected chi connectivity index (χ2v) is 19.0. The van der Waals surface area contributed by atoms with E-state index in [4.69, 9.17) is 36.4 Å². The van der Waals surface area contributed by atoms with E-state index in [2.05, 4.69) is 71.3 Å². The van der Waals surface area contributed by atoms with Crippen molar-refractivity contribution in [2.45, 2.75) is 95.9 Å². The van der Waals surface area contributed by atoms with Gasteiger partial charge < -0.3 is 29.5 Å². The van der Waals surface area contributed by atoms with Crippen LogP contribution in [0.15, 0.2) is 66.9 Å². The number of carbonyl (C=O) groups excluding carboxylic acids is 2. The first-order valence-electron chi connectivity index (χ1n) is 24.0. The first-order valence-corrected chi connectivity index (χ1v) is 24.4. The summed E-state index contributed by atoms with van der Waals surface area (Å²) in [7, 11) is 0. The number of carbonyl (C=O) groups is 2. The number of amides is 2. The van der Waals surface area contributed by atoms with Crippen LogP contribution in [0.1, 0.15) is 96.3 Å². The number of aryl methyl sites for hydroxylation is 1. The average Bonchev–Trinajstić information content (AvgIpc) is 3.75. The normalized spacial score (nSPS) is 20.2. The standard InChI is InChI=1S/C51H58ClN11O4/c1-34(64)61-22-17-47-43(33-61)50(58-63(47)40-18-27-66-28-19-40)62-20-2-3-37-29-46(54-32-48(37)62)36-6-4-35(5-7-36)16-21-59-23-25-60(26-24-59)49-15-14-45(56-57-49)51(65)55-39-9-12-41(13-10-39)67-42-11-8-38(31-53)44(52)30-42/h4-8,11,14-15,29-30,32,39-41H,2-3,9-10,12-13,16-28,33H2,1H3,(H,55,65). The van der Waals surface area contributed by atoms with Gasteiger partial charge >= 0.3 is 0 Å². The number of benzene rings is 2. The minimum absolute atomic E-state index is 0.0308. The summed E-state index contributed by atoms with van der Waals surface area (Å²) in [5.41, 5.74) is 8.99. The molecule has 15 nitrogen and oxygen atoms in total. The molecule has 2 aromatic carbocycles. The molecule has 0 spiro atoms. The number of nitrogens with one attached hydrogen (secondary N) is 1. The van der Waals surface area contributed by atoms with Gasteiger partial charge in [0.05, 0.1) is 46.9 Å². The third-order valence-electron chi connectivity index (χ3n) is 14.3. The topological polar surface area (TPSA) is 158 Å². The Kier molecular flexibility index (Phi) is 13.4. The van der Waals surface area contributed by atoms with Crippen molar-refractivity contribution in [2.75, 3.05) is 68.8 Å². The molecule has 16 heteroatoms. The van der Waals surface area contributed by atoms with Gasteiger partial charge in [-0.15, -0.1) is 10.2 Å². The first-order chi connectivity index (χ1) is 32.8. The molecule has 0 unspecified atom stereocenters. The van der Waals surface area contributed by atoms with Crippen LogP contribution in [0.2, 0.25) is 5.02 Å². The fraction of sp³-hybridized carbons (Fsp3) is 0.471. The minimum atomic E-state index is -0.209. The highest BCUT2D eigenvalue weighted by atomic mass is 35.5. The maximum absolute atomic E-state index is 13.1. The van der Waals surface area contributed by atoms with E-state index >= 15 is 0 Å². The lowest BCUT2D eigenvalue weighted by atomic mass is 9.93. The number of ether oxygens (including phenoxy) is 2. The van der Waals surface area contributed by atoms with Gasteiger partial charge in [-0.3, -0.25) is 24.2 Å². The largest absolute Gasteiger partial charge is 0.490 e. The van der Waals surface area contributed by atoms with E-state index in [1.165, 1.54) is 22.4 Å². The molecule has 2 amide bonds. The van der Waals surface area contributed by atoms with Crippen LogP contribution < -0.4 is 19.9 Å². The van der Waals surface area contributed by atoms with Gasteiger partial charge in [-0.2, -0.15) is 10.4 Å². The molecule has 7 heterocycles. The van der Waals surface area contributed by atoms with E-state index in [1.54, 1.807) is 31.2 Å². The fourth-order valence-corrected chi connectivity index (χ4v) is 10.6. The van der Waals surface area contributed by atoms with Crippen LogP contribution in [-0.2, 0) is 35.3 Å². The number of nitriles is 1. The third-order valence-corrected chi connectivity index (χ3v) is 14.6. The van der Waals surface area contributed by atoms with E-state index in [0.717, 1.165) is 152 Å². The summed E-state index contributed by atoms with van der Waals surface area (Å²) in [4.78, 5) is 39.6. The van der Waals surface area contributed by atoms with Crippen molar-refractivity contribution >= 4 is 40.7 Å². The van der Waals surface area contributed by atoms with Crippen molar-refractivity contribution in [1.29, 1.82) is 5.26 Å². The first kappa shape index (κ1) is 44.7. The van der Waals surface area contributed by atoms with Gasteiger partial charge in [-0.05, 0) is 99.2 Å². The lowest BCUT2D eigenvalue weighted by Gasteiger charge is -2.35. The third kappa shape index (κ3) is 9.98. The number of hydrogen-bond donors (Lipinski definition) is 1. The Hall–Kier alpha value is -6.08. The molecule has 0 bridgehead atoms. The van der Waals surface area contributed by atoms with Crippen molar-refractivity contribution in [2.24, 2.45) is 0 Å². The zero-order chi connectivity index (χ0) is 45.9. The molecule has 5 aromatic rings. The highest BCUT2D eigenvalue weighted by molar-refractivity contribution is 6.31. The SMILES string of the molecule is CC(=O)N1CCc2c(c(N3CCCc4cc(-c5ccc(CCN6CCN(c7ccc(C(=O)NC8CCC(Oc9ccc(C#N)c(Cl)c9)CC8)nn7)CC6)cc5)ncc43)nn2C2CCOCC2)C1. The van der Waals surface area contributed by atoms with Crippen molar-refractivity contribution in [3.63, 3.8) is 0 Å². The predicted molar refractivity (Wildman–Crippen MR) is 256 cm³/mol. The van der Waals surface area contributed by atoms with Crippen LogP contribution in [0, 0.1) is 11.3 Å². The molecule has 1 N–H and O–H groups in total. The summed E-state index contributed by atoms with van der Waals surface area (Å²) in [6, 6.07) is 22.4. The maximum Gasteiger partial charge on any atom is 0.272 e. The van der Waals surface area contributed by atoms with Crippen LogP contribution in [0.3, 0.4) is 0 Å². The molecule has 3 aromatic heterocycles. The molecule has 4 aliphatic heterocycles. The quantitative estimate of drug-likeness (QED) is 0.144. The Bertz CT molecular complexity index is 2610. The van der Waals surface area contributed by atoms with E-state index in [9.17, 15) is 9.59 Å². The van der Waals surface area contributed by atoms with Crippen LogP contribution in [0.25, 0.3) is 11.3 Å². The molecule has 2 saturated heterocycles. The fourth-order valence-electron chi connectivity index (χ4n) is 10.4. The average molecular weight is 925 g/mol. The molecule has 5 aliphatic rings. The van der Waals surface area contributed by atoms with Crippen LogP contribution >= 0.6 is 11.6 Å². The number of hydrogen-bond acceptors (Lipinski definition) is 12. The molecular weight excluding hydrogens is 866 g/mol. The number of anilines is 3. The Morgan fingerprint density at radius 3 is 2.45 bits per heavy atom. The molecule has 1 saturated carbocycles. The van der Waals surface area contributed by atoms with E-state index in [-0.39, 0.29) is 24.0 Å². The summed E-state index contributed by atoms with van der Waals surface area (Å²) in [6.45, 7) is 9.89. The maximum atomic E-state index is 13.1. The lowest BCUT2D eigenvalue weighted by molar-refractivity contribution is -0.129. The van der Waals surface area contributed by atoms with Gasteiger partial charge in [0.15, 0.2) is 17.3 Å². The highest BCUT2D eigenvalue weighted by Gasteiger charge is 2.34. The Morgan fingerprint density at radius 1 is 0.910 bits per heavy atom. The molecule has 0 atom stereocenters. The van der Waals surface area contributed by atoms with Crippen LogP contribution in [0.5, 0.6) is 5.75 Å². The Morgan fingerprint density at radius 2 is 1.72 bits per heavy atom. The second kappa shape index (κ2) is 20.0. The van der Waals surface area contributed by atoms with Gasteiger partial charge in [-0.1, -0.05) is 35.9 Å². The number of nitrogens with zero attached hydrogens (tertiary/aromatic N) is 10. The Labute approximate surface area is 397 Å². The lowest BCUT2D eigenvalue weighted by Crippen LogP contribution is -2.47. The molecule has 10 rings (SSSR count). The summed E-state index contributed by atoms with van der Waals surface area (Å²) in [5, 5.41) is 26.7. The molecular formula is C51H58ClN11O4. The summed E-state index contributed by atoms with van der Waals surface area (Å²) in [6.07, 6.45) is 11.0.